The molecule has 2 aromatic carbocycles. The van der Waals surface area contributed by atoms with Crippen molar-refractivity contribution in [2.24, 2.45) is 5.10 Å². The van der Waals surface area contributed by atoms with Crippen molar-refractivity contribution in [2.75, 3.05) is 6.79 Å². The molecular weight excluding hydrogens is 314 g/mol. The van der Waals surface area contributed by atoms with Crippen LogP contribution in [-0.2, 0) is 0 Å². The van der Waals surface area contributed by atoms with E-state index in [-0.39, 0.29) is 12.5 Å². The van der Waals surface area contributed by atoms with Gasteiger partial charge in [-0.05, 0) is 42.8 Å². The topological polar surface area (TPSA) is 103 Å². The fraction of sp³-hybridized carbons (Fsp3) is 0.125. The third kappa shape index (κ3) is 3.17. The second-order valence-electron chi connectivity index (χ2n) is 5.07. The number of hydrogen-bond donors (Lipinski definition) is 1. The summed E-state index contributed by atoms with van der Waals surface area (Å²) in [5, 5.41) is 14.7. The first-order valence-electron chi connectivity index (χ1n) is 7.03. The Morgan fingerprint density at radius 2 is 2.04 bits per heavy atom. The number of hydrogen-bond acceptors (Lipinski definition) is 6. The molecule has 0 saturated heterocycles. The van der Waals surface area contributed by atoms with Crippen LogP contribution >= 0.6 is 0 Å². The highest BCUT2D eigenvalue weighted by Crippen LogP contribution is 2.31. The molecule has 8 nitrogen and oxygen atoms in total. The van der Waals surface area contributed by atoms with Crippen molar-refractivity contribution in [1.82, 2.24) is 5.43 Å². The summed E-state index contributed by atoms with van der Waals surface area (Å²) in [6, 6.07) is 9.41. The van der Waals surface area contributed by atoms with Crippen molar-refractivity contribution < 1.29 is 19.2 Å². The fourth-order valence-corrected chi connectivity index (χ4v) is 2.22. The second kappa shape index (κ2) is 6.37. The molecule has 122 valence electrons. The van der Waals surface area contributed by atoms with E-state index >= 15 is 0 Å². The van der Waals surface area contributed by atoms with Gasteiger partial charge in [0.2, 0.25) is 6.79 Å². The molecule has 0 saturated carbocycles. The number of benzene rings is 2. The SMILES string of the molecule is Cc1cc(C(=O)NN=Cc2ccc3c(c2)OCO3)ccc1[N+](=O)[O-]. The molecule has 0 radical (unpaired) electrons. The zero-order valence-corrected chi connectivity index (χ0v) is 12.7. The monoisotopic (exact) mass is 327 g/mol. The molecule has 1 N–H and O–H groups in total. The Balaban J connectivity index is 1.67. The number of rotatable bonds is 4. The number of nitro benzene ring substituents is 1. The van der Waals surface area contributed by atoms with Gasteiger partial charge < -0.3 is 9.47 Å². The molecule has 0 spiro atoms. The minimum absolute atomic E-state index is 0.0320. The van der Waals surface area contributed by atoms with Gasteiger partial charge in [-0.3, -0.25) is 14.9 Å². The number of hydrazone groups is 1. The second-order valence-corrected chi connectivity index (χ2v) is 5.07. The minimum atomic E-state index is -0.491. The first kappa shape index (κ1) is 15.5. The van der Waals surface area contributed by atoms with E-state index in [0.717, 1.165) is 5.56 Å². The molecule has 1 aliphatic rings. The highest BCUT2D eigenvalue weighted by Gasteiger charge is 2.14. The molecule has 0 aromatic heterocycles. The first-order chi connectivity index (χ1) is 11.5. The van der Waals surface area contributed by atoms with E-state index in [2.05, 4.69) is 10.5 Å². The molecule has 3 rings (SSSR count). The van der Waals surface area contributed by atoms with E-state index in [9.17, 15) is 14.9 Å². The van der Waals surface area contributed by atoms with E-state index in [4.69, 9.17) is 9.47 Å². The van der Waals surface area contributed by atoms with Crippen molar-refractivity contribution in [1.29, 1.82) is 0 Å². The van der Waals surface area contributed by atoms with E-state index in [0.29, 0.717) is 22.6 Å². The Morgan fingerprint density at radius 3 is 2.79 bits per heavy atom. The smallest absolute Gasteiger partial charge is 0.272 e. The molecule has 24 heavy (non-hydrogen) atoms. The number of carbonyl (C=O) groups is 1. The summed E-state index contributed by atoms with van der Waals surface area (Å²) in [5.41, 5.74) is 3.79. The molecule has 0 aliphatic carbocycles. The van der Waals surface area contributed by atoms with Gasteiger partial charge in [-0.25, -0.2) is 5.43 Å². The van der Waals surface area contributed by atoms with E-state index in [1.807, 2.05) is 0 Å². The Labute approximate surface area is 136 Å². The Morgan fingerprint density at radius 1 is 1.25 bits per heavy atom. The highest BCUT2D eigenvalue weighted by atomic mass is 16.7. The van der Waals surface area contributed by atoms with Crippen molar-refractivity contribution >= 4 is 17.8 Å². The van der Waals surface area contributed by atoms with Gasteiger partial charge in [0.15, 0.2) is 11.5 Å². The summed E-state index contributed by atoms with van der Waals surface area (Å²) in [4.78, 5) is 22.3. The lowest BCUT2D eigenvalue weighted by Crippen LogP contribution is -2.17. The van der Waals surface area contributed by atoms with Crippen LogP contribution in [0.3, 0.4) is 0 Å². The van der Waals surface area contributed by atoms with E-state index < -0.39 is 10.8 Å². The summed E-state index contributed by atoms with van der Waals surface area (Å²) in [7, 11) is 0. The Hall–Kier alpha value is -3.42. The average Bonchev–Trinajstić information content (AvgIpc) is 3.02. The van der Waals surface area contributed by atoms with Crippen LogP contribution in [0.5, 0.6) is 11.5 Å². The molecular formula is C16H13N3O5. The van der Waals surface area contributed by atoms with Gasteiger partial charge in [-0.2, -0.15) is 5.10 Å². The molecule has 0 atom stereocenters. The normalized spacial score (nSPS) is 12.4. The first-order valence-corrected chi connectivity index (χ1v) is 7.03. The summed E-state index contributed by atoms with van der Waals surface area (Å²) in [6.45, 7) is 1.76. The third-order valence-corrected chi connectivity index (χ3v) is 3.43. The predicted molar refractivity (Wildman–Crippen MR) is 85.5 cm³/mol. The van der Waals surface area contributed by atoms with Crippen molar-refractivity contribution in [3.63, 3.8) is 0 Å². The van der Waals surface area contributed by atoms with Crippen LogP contribution in [-0.4, -0.2) is 23.8 Å². The van der Waals surface area contributed by atoms with E-state index in [1.54, 1.807) is 25.1 Å². The molecule has 8 heteroatoms. The maximum Gasteiger partial charge on any atom is 0.272 e. The highest BCUT2D eigenvalue weighted by molar-refractivity contribution is 5.95. The van der Waals surface area contributed by atoms with Crippen LogP contribution in [0.2, 0.25) is 0 Å². The van der Waals surface area contributed by atoms with Gasteiger partial charge in [-0.1, -0.05) is 0 Å². The number of amides is 1. The van der Waals surface area contributed by atoms with Gasteiger partial charge in [0.25, 0.3) is 11.6 Å². The van der Waals surface area contributed by atoms with Gasteiger partial charge >= 0.3 is 0 Å². The quantitative estimate of drug-likeness (QED) is 0.527. The fourth-order valence-electron chi connectivity index (χ4n) is 2.22. The van der Waals surface area contributed by atoms with Crippen LogP contribution in [0.25, 0.3) is 0 Å². The summed E-state index contributed by atoms with van der Waals surface area (Å²) in [5.74, 6) is 0.832. The van der Waals surface area contributed by atoms with Gasteiger partial charge in [0.1, 0.15) is 0 Å². The zero-order chi connectivity index (χ0) is 17.1. The number of nitrogens with zero attached hydrogens (tertiary/aromatic N) is 2. The molecule has 0 unspecified atom stereocenters. The maximum atomic E-state index is 12.0. The number of ether oxygens (including phenoxy) is 2. The van der Waals surface area contributed by atoms with Crippen LogP contribution < -0.4 is 14.9 Å². The summed E-state index contributed by atoms with van der Waals surface area (Å²) >= 11 is 0. The number of fused-ring (bicyclic) bond motifs is 1. The van der Waals surface area contributed by atoms with Crippen molar-refractivity contribution in [3.05, 3.63) is 63.2 Å². The zero-order valence-electron chi connectivity index (χ0n) is 12.7. The van der Waals surface area contributed by atoms with Crippen LogP contribution in [0.1, 0.15) is 21.5 Å². The number of carbonyl (C=O) groups excluding carboxylic acids is 1. The molecule has 1 amide bonds. The molecule has 1 heterocycles. The molecule has 0 fully saturated rings. The lowest BCUT2D eigenvalue weighted by Gasteiger charge is -2.02. The number of nitrogens with one attached hydrogen (secondary N) is 1. The van der Waals surface area contributed by atoms with E-state index in [1.165, 1.54) is 24.4 Å². The van der Waals surface area contributed by atoms with Gasteiger partial charge in [0, 0.05) is 17.2 Å². The van der Waals surface area contributed by atoms with Crippen molar-refractivity contribution in [3.8, 4) is 11.5 Å². The Kier molecular flexibility index (Phi) is 4.11. The molecule has 0 bridgehead atoms. The van der Waals surface area contributed by atoms with Crippen molar-refractivity contribution in [2.45, 2.75) is 6.92 Å². The summed E-state index contributed by atoms with van der Waals surface area (Å²) in [6.07, 6.45) is 1.47. The Bertz CT molecular complexity index is 848. The number of aryl methyl sites for hydroxylation is 1. The van der Waals surface area contributed by atoms with Crippen LogP contribution in [0, 0.1) is 17.0 Å². The average molecular weight is 327 g/mol. The lowest BCUT2D eigenvalue weighted by atomic mass is 10.1. The van der Waals surface area contributed by atoms with Crippen LogP contribution in [0.4, 0.5) is 5.69 Å². The van der Waals surface area contributed by atoms with Gasteiger partial charge in [-0.15, -0.1) is 0 Å². The van der Waals surface area contributed by atoms with Gasteiger partial charge in [0.05, 0.1) is 11.1 Å². The summed E-state index contributed by atoms with van der Waals surface area (Å²) < 4.78 is 10.5. The molecule has 2 aromatic rings. The van der Waals surface area contributed by atoms with Crippen LogP contribution in [0.15, 0.2) is 41.5 Å². The predicted octanol–water partition coefficient (Wildman–Crippen LogP) is 2.40. The lowest BCUT2D eigenvalue weighted by molar-refractivity contribution is -0.385. The molecule has 1 aliphatic heterocycles. The third-order valence-electron chi connectivity index (χ3n) is 3.43. The number of nitro groups is 1. The standard InChI is InChI=1S/C16H13N3O5/c1-10-6-12(3-4-13(10)19(21)22)16(20)18-17-8-11-2-5-14-15(7-11)24-9-23-14/h2-8H,9H2,1H3,(H,18,20). The maximum absolute atomic E-state index is 12.0. The largest absolute Gasteiger partial charge is 0.454 e. The minimum Gasteiger partial charge on any atom is -0.454 e.